The summed E-state index contributed by atoms with van der Waals surface area (Å²) in [6, 6.07) is 0. The van der Waals surface area contributed by atoms with Crippen LogP contribution < -0.4 is 22.3 Å². The SMILES string of the molecule is CCC(C)(CCN)Nc1n[nH]c(=O)[nH]c1=O. The molecule has 0 spiro atoms. The number of hydrogen-bond acceptors (Lipinski definition) is 5. The van der Waals surface area contributed by atoms with E-state index in [0.717, 1.165) is 6.42 Å². The summed E-state index contributed by atoms with van der Waals surface area (Å²) in [5.74, 6) is 0.109. The van der Waals surface area contributed by atoms with Crippen LogP contribution in [0.25, 0.3) is 0 Å². The first kappa shape index (κ1) is 12.4. The van der Waals surface area contributed by atoms with Gasteiger partial charge in [0.1, 0.15) is 0 Å². The smallest absolute Gasteiger partial charge is 0.342 e. The first-order valence-corrected chi connectivity index (χ1v) is 5.18. The Morgan fingerprint density at radius 2 is 2.19 bits per heavy atom. The van der Waals surface area contributed by atoms with Crippen LogP contribution in [0.1, 0.15) is 26.7 Å². The van der Waals surface area contributed by atoms with E-state index in [0.29, 0.717) is 13.0 Å². The number of rotatable bonds is 5. The average Bonchev–Trinajstić information content (AvgIpc) is 2.23. The van der Waals surface area contributed by atoms with Crippen molar-refractivity contribution in [3.63, 3.8) is 0 Å². The number of nitrogens with one attached hydrogen (secondary N) is 3. The highest BCUT2D eigenvalue weighted by Gasteiger charge is 2.22. The second-order valence-electron chi connectivity index (χ2n) is 3.93. The summed E-state index contributed by atoms with van der Waals surface area (Å²) in [6.07, 6.45) is 1.51. The van der Waals surface area contributed by atoms with Gasteiger partial charge in [0.2, 0.25) is 5.82 Å². The van der Waals surface area contributed by atoms with Gasteiger partial charge < -0.3 is 11.1 Å². The zero-order chi connectivity index (χ0) is 12.2. The van der Waals surface area contributed by atoms with Gasteiger partial charge in [0.25, 0.3) is 5.56 Å². The van der Waals surface area contributed by atoms with Crippen LogP contribution in [0.5, 0.6) is 0 Å². The summed E-state index contributed by atoms with van der Waals surface area (Å²) in [7, 11) is 0. The largest absolute Gasteiger partial charge is 0.359 e. The minimum atomic E-state index is -0.618. The number of anilines is 1. The van der Waals surface area contributed by atoms with Crippen molar-refractivity contribution in [2.24, 2.45) is 5.73 Å². The summed E-state index contributed by atoms with van der Waals surface area (Å²) in [5, 5.41) is 8.83. The lowest BCUT2D eigenvalue weighted by Gasteiger charge is -2.29. The number of hydrogen-bond donors (Lipinski definition) is 4. The normalized spacial score (nSPS) is 14.4. The second kappa shape index (κ2) is 4.93. The second-order valence-corrected chi connectivity index (χ2v) is 3.93. The molecule has 0 saturated carbocycles. The molecule has 0 saturated heterocycles. The molecule has 1 aromatic heterocycles. The highest BCUT2D eigenvalue weighted by molar-refractivity contribution is 5.32. The van der Waals surface area contributed by atoms with E-state index in [4.69, 9.17) is 5.73 Å². The molecule has 16 heavy (non-hydrogen) atoms. The third-order valence-corrected chi connectivity index (χ3v) is 2.61. The van der Waals surface area contributed by atoms with Crippen LogP contribution in [0, 0.1) is 0 Å². The van der Waals surface area contributed by atoms with Crippen molar-refractivity contribution in [2.75, 3.05) is 11.9 Å². The maximum Gasteiger partial charge on any atom is 0.342 e. The van der Waals surface area contributed by atoms with Gasteiger partial charge in [-0.3, -0.25) is 9.78 Å². The Morgan fingerprint density at radius 1 is 1.50 bits per heavy atom. The van der Waals surface area contributed by atoms with E-state index in [1.54, 1.807) is 0 Å². The zero-order valence-corrected chi connectivity index (χ0v) is 9.46. The number of H-pyrrole nitrogens is 2. The molecule has 7 nitrogen and oxygen atoms in total. The molecule has 0 aliphatic heterocycles. The fourth-order valence-electron chi connectivity index (χ4n) is 1.36. The van der Waals surface area contributed by atoms with Gasteiger partial charge in [0, 0.05) is 5.54 Å². The minimum absolute atomic E-state index is 0.109. The van der Waals surface area contributed by atoms with Crippen molar-refractivity contribution >= 4 is 5.82 Å². The maximum atomic E-state index is 11.4. The van der Waals surface area contributed by atoms with Crippen LogP contribution in [0.2, 0.25) is 0 Å². The monoisotopic (exact) mass is 227 g/mol. The van der Waals surface area contributed by atoms with Crippen LogP contribution in [-0.4, -0.2) is 27.3 Å². The van der Waals surface area contributed by atoms with Gasteiger partial charge in [-0.2, -0.15) is 0 Å². The summed E-state index contributed by atoms with van der Waals surface area (Å²) in [5.41, 5.74) is 4.06. The summed E-state index contributed by atoms with van der Waals surface area (Å²) < 4.78 is 0. The van der Waals surface area contributed by atoms with Crippen molar-refractivity contribution in [1.29, 1.82) is 0 Å². The molecule has 7 heteroatoms. The Balaban J connectivity index is 2.94. The highest BCUT2D eigenvalue weighted by Crippen LogP contribution is 2.17. The molecule has 0 fully saturated rings. The molecule has 1 atom stereocenters. The molecular formula is C9H17N5O2. The molecule has 0 radical (unpaired) electrons. The van der Waals surface area contributed by atoms with Gasteiger partial charge >= 0.3 is 5.69 Å². The predicted molar refractivity (Wildman–Crippen MR) is 61.5 cm³/mol. The molecule has 0 aliphatic rings. The van der Waals surface area contributed by atoms with Crippen LogP contribution >= 0.6 is 0 Å². The van der Waals surface area contributed by atoms with Crippen LogP contribution in [-0.2, 0) is 0 Å². The van der Waals surface area contributed by atoms with Gasteiger partial charge in [-0.25, -0.2) is 9.89 Å². The fraction of sp³-hybridized carbons (Fsp3) is 0.667. The highest BCUT2D eigenvalue weighted by atomic mass is 16.2. The van der Waals surface area contributed by atoms with E-state index >= 15 is 0 Å². The Hall–Kier alpha value is -1.63. The van der Waals surface area contributed by atoms with E-state index in [1.165, 1.54) is 0 Å². The molecule has 1 heterocycles. The third kappa shape index (κ3) is 2.93. The Labute approximate surface area is 92.5 Å². The van der Waals surface area contributed by atoms with Crippen molar-refractivity contribution in [3.8, 4) is 0 Å². The molecular weight excluding hydrogens is 210 g/mol. The van der Waals surface area contributed by atoms with Crippen molar-refractivity contribution in [2.45, 2.75) is 32.2 Å². The van der Waals surface area contributed by atoms with Crippen LogP contribution in [0.4, 0.5) is 5.82 Å². The molecule has 0 bridgehead atoms. The lowest BCUT2D eigenvalue weighted by atomic mass is 9.94. The molecule has 0 amide bonds. The molecule has 5 N–H and O–H groups in total. The van der Waals surface area contributed by atoms with Gasteiger partial charge in [0.05, 0.1) is 0 Å². The Kier molecular flexibility index (Phi) is 3.83. The molecule has 1 rings (SSSR count). The van der Waals surface area contributed by atoms with E-state index in [1.807, 2.05) is 13.8 Å². The van der Waals surface area contributed by atoms with E-state index in [2.05, 4.69) is 20.5 Å². The van der Waals surface area contributed by atoms with Gasteiger partial charge in [-0.05, 0) is 26.3 Å². The number of aromatic amines is 2. The van der Waals surface area contributed by atoms with E-state index in [9.17, 15) is 9.59 Å². The van der Waals surface area contributed by atoms with Crippen molar-refractivity contribution in [3.05, 3.63) is 20.8 Å². The number of nitrogens with zero attached hydrogens (tertiary/aromatic N) is 1. The quantitative estimate of drug-likeness (QED) is 0.535. The first-order valence-electron chi connectivity index (χ1n) is 5.18. The molecule has 1 unspecified atom stereocenters. The average molecular weight is 227 g/mol. The predicted octanol–water partition coefficient (Wildman–Crippen LogP) is -0.612. The van der Waals surface area contributed by atoms with Gasteiger partial charge in [-0.15, -0.1) is 5.10 Å². The van der Waals surface area contributed by atoms with Crippen LogP contribution in [0.3, 0.4) is 0 Å². The number of nitrogens with two attached hydrogens (primary N) is 1. The first-order chi connectivity index (χ1) is 7.50. The summed E-state index contributed by atoms with van der Waals surface area (Å²) in [6.45, 7) is 4.45. The molecule has 90 valence electrons. The standard InChI is InChI=1S/C9H17N5O2/c1-3-9(2,4-5-10)12-6-7(15)11-8(16)14-13-6/h3-5,10H2,1-2H3,(H,12,13)(H2,11,14,15,16). The minimum Gasteiger partial charge on any atom is -0.359 e. The Bertz CT molecular complexity index is 452. The molecule has 1 aromatic rings. The van der Waals surface area contributed by atoms with E-state index < -0.39 is 11.2 Å². The van der Waals surface area contributed by atoms with Crippen LogP contribution in [0.15, 0.2) is 9.59 Å². The fourth-order valence-corrected chi connectivity index (χ4v) is 1.36. The van der Waals surface area contributed by atoms with Gasteiger partial charge in [-0.1, -0.05) is 6.92 Å². The summed E-state index contributed by atoms with van der Waals surface area (Å²) in [4.78, 5) is 24.3. The Morgan fingerprint density at radius 3 is 2.69 bits per heavy atom. The molecule has 0 aliphatic carbocycles. The topological polar surface area (TPSA) is 117 Å². The zero-order valence-electron chi connectivity index (χ0n) is 9.46. The van der Waals surface area contributed by atoms with Crippen molar-refractivity contribution < 1.29 is 0 Å². The van der Waals surface area contributed by atoms with E-state index in [-0.39, 0.29) is 11.4 Å². The number of aromatic nitrogens is 3. The lowest BCUT2D eigenvalue weighted by Crippen LogP contribution is -2.40. The maximum absolute atomic E-state index is 11.4. The molecule has 0 aromatic carbocycles. The third-order valence-electron chi connectivity index (χ3n) is 2.61. The summed E-state index contributed by atoms with van der Waals surface area (Å²) >= 11 is 0. The lowest BCUT2D eigenvalue weighted by molar-refractivity contribution is 0.460. The van der Waals surface area contributed by atoms with Gasteiger partial charge in [0.15, 0.2) is 0 Å². The van der Waals surface area contributed by atoms with Crippen molar-refractivity contribution in [1.82, 2.24) is 15.2 Å².